The molecule has 3 N–H and O–H groups in total. The first kappa shape index (κ1) is 10.4. The van der Waals surface area contributed by atoms with Crippen molar-refractivity contribution in [2.45, 2.75) is 6.04 Å². The fraction of sp³-hybridized carbons (Fsp3) is 0.300. The van der Waals surface area contributed by atoms with Crippen molar-refractivity contribution in [3.63, 3.8) is 0 Å². The average molecular weight is 227 g/mol. The molecule has 1 atom stereocenters. The summed E-state index contributed by atoms with van der Waals surface area (Å²) in [6.45, 7) is 0.379. The number of nitrogens with one attached hydrogen (secondary N) is 2. The monoisotopic (exact) mass is 226 g/mol. The summed E-state index contributed by atoms with van der Waals surface area (Å²) >= 11 is 5.85. The van der Waals surface area contributed by atoms with Gasteiger partial charge in [-0.1, -0.05) is 11.6 Å². The Morgan fingerprint density at radius 1 is 1.53 bits per heavy atom. The Bertz CT molecular complexity index is 395. The van der Waals surface area contributed by atoms with Crippen molar-refractivity contribution in [3.8, 4) is 0 Å². The lowest BCUT2D eigenvalue weighted by molar-refractivity contribution is -0.117. The Balaban J connectivity index is 2.27. The van der Waals surface area contributed by atoms with Gasteiger partial charge in [0.2, 0.25) is 5.91 Å². The van der Waals surface area contributed by atoms with Crippen LogP contribution in [-0.4, -0.2) is 24.2 Å². The Hall–Kier alpha value is -1.10. The lowest BCUT2D eigenvalue weighted by Gasteiger charge is -2.09. The van der Waals surface area contributed by atoms with Gasteiger partial charge in [0.15, 0.2) is 0 Å². The smallest absolute Gasteiger partial charge is 0.246 e. The first-order chi connectivity index (χ1) is 7.22. The molecule has 0 spiro atoms. The minimum Gasteiger partial charge on any atom is -0.395 e. The number of carbonyl (C=O) groups is 1. The quantitative estimate of drug-likeness (QED) is 0.718. The van der Waals surface area contributed by atoms with Gasteiger partial charge in [-0.25, -0.2) is 0 Å². The van der Waals surface area contributed by atoms with Crippen LogP contribution < -0.4 is 10.6 Å². The van der Waals surface area contributed by atoms with Crippen LogP contribution in [0.3, 0.4) is 0 Å². The molecule has 1 aromatic rings. The number of benzene rings is 1. The summed E-state index contributed by atoms with van der Waals surface area (Å²) in [6, 6.07) is 4.85. The van der Waals surface area contributed by atoms with Crippen LogP contribution in [0.25, 0.3) is 0 Å². The standard InChI is InChI=1S/C10H11ClN2O2/c11-6-1-2-8-7(5-6)9(10(15)13-8)12-3-4-14/h1-2,5,9,12,14H,3-4H2,(H,13,15). The number of hydrogen-bond acceptors (Lipinski definition) is 3. The number of fused-ring (bicyclic) bond motifs is 1. The molecule has 2 rings (SSSR count). The van der Waals surface area contributed by atoms with E-state index in [-0.39, 0.29) is 12.5 Å². The Labute approximate surface area is 92.2 Å². The molecule has 0 fully saturated rings. The number of aliphatic hydroxyl groups is 1. The summed E-state index contributed by atoms with van der Waals surface area (Å²) in [5.41, 5.74) is 1.61. The highest BCUT2D eigenvalue weighted by atomic mass is 35.5. The molecule has 4 nitrogen and oxygen atoms in total. The van der Waals surface area contributed by atoms with E-state index in [4.69, 9.17) is 16.7 Å². The molecular weight excluding hydrogens is 216 g/mol. The normalized spacial score (nSPS) is 18.8. The van der Waals surface area contributed by atoms with Crippen molar-refractivity contribution in [3.05, 3.63) is 28.8 Å². The van der Waals surface area contributed by atoms with Crippen molar-refractivity contribution in [2.24, 2.45) is 0 Å². The summed E-state index contributed by atoms with van der Waals surface area (Å²) in [5, 5.41) is 15.0. The van der Waals surface area contributed by atoms with E-state index < -0.39 is 6.04 Å². The van der Waals surface area contributed by atoms with Crippen LogP contribution in [0.5, 0.6) is 0 Å². The van der Waals surface area contributed by atoms with Gasteiger partial charge >= 0.3 is 0 Å². The highest BCUT2D eigenvalue weighted by Gasteiger charge is 2.29. The van der Waals surface area contributed by atoms with Crippen molar-refractivity contribution in [1.82, 2.24) is 5.32 Å². The molecule has 0 saturated heterocycles. The van der Waals surface area contributed by atoms with E-state index in [9.17, 15) is 4.79 Å². The van der Waals surface area contributed by atoms with Crippen LogP contribution in [0.15, 0.2) is 18.2 Å². The van der Waals surface area contributed by atoms with Gasteiger partial charge in [0.1, 0.15) is 6.04 Å². The fourth-order valence-corrected chi connectivity index (χ4v) is 1.82. The molecule has 0 aromatic heterocycles. The van der Waals surface area contributed by atoms with Gasteiger partial charge in [-0.15, -0.1) is 0 Å². The Morgan fingerprint density at radius 2 is 2.33 bits per heavy atom. The van der Waals surface area contributed by atoms with Crippen molar-refractivity contribution < 1.29 is 9.90 Å². The second-order valence-electron chi connectivity index (χ2n) is 3.33. The number of halogens is 1. The Kier molecular flexibility index (Phi) is 2.90. The van der Waals surface area contributed by atoms with Gasteiger partial charge in [0, 0.05) is 22.8 Å². The number of rotatable bonds is 3. The van der Waals surface area contributed by atoms with E-state index in [0.29, 0.717) is 11.6 Å². The largest absolute Gasteiger partial charge is 0.395 e. The van der Waals surface area contributed by atoms with Crippen molar-refractivity contribution in [1.29, 1.82) is 0 Å². The molecule has 80 valence electrons. The molecule has 15 heavy (non-hydrogen) atoms. The predicted molar refractivity (Wildman–Crippen MR) is 57.9 cm³/mol. The molecule has 1 heterocycles. The van der Waals surface area contributed by atoms with Gasteiger partial charge in [0.05, 0.1) is 6.61 Å². The van der Waals surface area contributed by atoms with E-state index in [2.05, 4.69) is 10.6 Å². The van der Waals surface area contributed by atoms with Crippen LogP contribution in [0, 0.1) is 0 Å². The lowest BCUT2D eigenvalue weighted by Crippen LogP contribution is -2.29. The molecule has 1 unspecified atom stereocenters. The van der Waals surface area contributed by atoms with Crippen LogP contribution in [0.1, 0.15) is 11.6 Å². The van der Waals surface area contributed by atoms with E-state index in [1.54, 1.807) is 18.2 Å². The van der Waals surface area contributed by atoms with Crippen LogP contribution in [-0.2, 0) is 4.79 Å². The molecule has 0 bridgehead atoms. The van der Waals surface area contributed by atoms with E-state index in [0.717, 1.165) is 11.3 Å². The van der Waals surface area contributed by atoms with Gasteiger partial charge < -0.3 is 10.4 Å². The van der Waals surface area contributed by atoms with Crippen LogP contribution in [0.4, 0.5) is 5.69 Å². The molecule has 0 saturated carbocycles. The molecule has 5 heteroatoms. The minimum absolute atomic E-state index is 0.000318. The maximum atomic E-state index is 11.6. The van der Waals surface area contributed by atoms with Gasteiger partial charge in [-0.05, 0) is 18.2 Å². The first-order valence-electron chi connectivity index (χ1n) is 4.67. The average Bonchev–Trinajstić information content (AvgIpc) is 2.51. The molecule has 1 aromatic carbocycles. The number of aliphatic hydroxyl groups excluding tert-OH is 1. The first-order valence-corrected chi connectivity index (χ1v) is 5.04. The highest BCUT2D eigenvalue weighted by Crippen LogP contribution is 2.32. The second kappa shape index (κ2) is 4.18. The second-order valence-corrected chi connectivity index (χ2v) is 3.77. The number of hydrogen-bond donors (Lipinski definition) is 3. The number of amides is 1. The summed E-state index contributed by atoms with van der Waals surface area (Å²) in [5.74, 6) is -0.110. The molecule has 1 aliphatic rings. The predicted octanol–water partition coefficient (Wildman–Crippen LogP) is 0.915. The maximum Gasteiger partial charge on any atom is 0.246 e. The number of anilines is 1. The number of carbonyl (C=O) groups excluding carboxylic acids is 1. The topological polar surface area (TPSA) is 61.4 Å². The third-order valence-electron chi connectivity index (χ3n) is 2.30. The fourth-order valence-electron chi connectivity index (χ4n) is 1.64. The van der Waals surface area contributed by atoms with Crippen molar-refractivity contribution in [2.75, 3.05) is 18.5 Å². The molecule has 1 aliphatic heterocycles. The molecule has 0 aliphatic carbocycles. The SMILES string of the molecule is O=C1Nc2ccc(Cl)cc2C1NCCO. The van der Waals surface area contributed by atoms with E-state index in [1.807, 2.05) is 0 Å². The summed E-state index contributed by atoms with van der Waals surface area (Å²) in [7, 11) is 0. The zero-order valence-electron chi connectivity index (χ0n) is 7.96. The van der Waals surface area contributed by atoms with Gasteiger partial charge in [-0.2, -0.15) is 0 Å². The summed E-state index contributed by atoms with van der Waals surface area (Å²) in [6.07, 6.45) is 0. The third-order valence-corrected chi connectivity index (χ3v) is 2.54. The summed E-state index contributed by atoms with van der Waals surface area (Å²) in [4.78, 5) is 11.6. The zero-order chi connectivity index (χ0) is 10.8. The molecular formula is C10H11ClN2O2. The minimum atomic E-state index is -0.411. The maximum absolute atomic E-state index is 11.6. The lowest BCUT2D eigenvalue weighted by atomic mass is 10.1. The van der Waals surface area contributed by atoms with Crippen LogP contribution >= 0.6 is 11.6 Å². The van der Waals surface area contributed by atoms with Crippen molar-refractivity contribution >= 4 is 23.2 Å². The highest BCUT2D eigenvalue weighted by molar-refractivity contribution is 6.31. The third kappa shape index (κ3) is 1.97. The Morgan fingerprint density at radius 3 is 3.07 bits per heavy atom. The van der Waals surface area contributed by atoms with E-state index >= 15 is 0 Å². The van der Waals surface area contributed by atoms with Gasteiger partial charge in [0.25, 0.3) is 0 Å². The van der Waals surface area contributed by atoms with E-state index in [1.165, 1.54) is 0 Å². The zero-order valence-corrected chi connectivity index (χ0v) is 8.71. The van der Waals surface area contributed by atoms with Crippen LogP contribution in [0.2, 0.25) is 5.02 Å². The van der Waals surface area contributed by atoms with Gasteiger partial charge in [-0.3, -0.25) is 10.1 Å². The summed E-state index contributed by atoms with van der Waals surface area (Å²) < 4.78 is 0. The molecule has 0 radical (unpaired) electrons. The molecule has 1 amide bonds.